The van der Waals surface area contributed by atoms with Gasteiger partial charge in [0.2, 0.25) is 0 Å². The summed E-state index contributed by atoms with van der Waals surface area (Å²) >= 11 is 0. The number of nitrogens with one attached hydrogen (secondary N) is 1. The molecular weight excluding hydrogens is 436 g/mol. The molecule has 0 atom stereocenters. The summed E-state index contributed by atoms with van der Waals surface area (Å²) in [6.07, 6.45) is 0. The number of aliphatic carboxylic acids is 2. The lowest BCUT2D eigenvalue weighted by atomic mass is 9.86. The number of aromatic nitrogens is 2. The topological polar surface area (TPSA) is 127 Å². The van der Waals surface area contributed by atoms with E-state index in [9.17, 15) is 4.79 Å². The Morgan fingerprint density at radius 3 is 2.03 bits per heavy atom. The van der Waals surface area contributed by atoms with E-state index in [0.717, 1.165) is 55.1 Å². The van der Waals surface area contributed by atoms with Gasteiger partial charge >= 0.3 is 11.9 Å². The van der Waals surface area contributed by atoms with Gasteiger partial charge in [0.1, 0.15) is 5.82 Å². The van der Waals surface area contributed by atoms with Crippen LogP contribution in [0.25, 0.3) is 11.0 Å². The highest BCUT2D eigenvalue weighted by Crippen LogP contribution is 2.23. The SMILES string of the molecule is CC(C)(C)c1ccc(C(=O)N2CCN(Cc3nc4ccccc4[nH]3)CC2)cc1.O=C(O)C(=O)O. The molecule has 1 fully saturated rings. The molecule has 0 radical (unpaired) electrons. The number of amides is 1. The van der Waals surface area contributed by atoms with Crippen molar-refractivity contribution < 1.29 is 24.6 Å². The van der Waals surface area contributed by atoms with Crippen molar-refractivity contribution in [3.8, 4) is 0 Å². The van der Waals surface area contributed by atoms with Gasteiger partial charge < -0.3 is 20.1 Å². The van der Waals surface area contributed by atoms with Crippen molar-refractivity contribution in [2.75, 3.05) is 26.2 Å². The van der Waals surface area contributed by atoms with Gasteiger partial charge in [0.25, 0.3) is 5.91 Å². The number of carbonyl (C=O) groups is 3. The van der Waals surface area contributed by atoms with E-state index in [1.807, 2.05) is 41.3 Å². The second-order valence-electron chi connectivity index (χ2n) is 9.21. The van der Waals surface area contributed by atoms with Crippen LogP contribution >= 0.6 is 0 Å². The molecule has 1 aliphatic rings. The largest absolute Gasteiger partial charge is 0.473 e. The molecule has 9 heteroatoms. The maximum atomic E-state index is 12.8. The maximum absolute atomic E-state index is 12.8. The highest BCUT2D eigenvalue weighted by molar-refractivity contribution is 6.27. The van der Waals surface area contributed by atoms with Gasteiger partial charge in [-0.1, -0.05) is 45.0 Å². The van der Waals surface area contributed by atoms with E-state index < -0.39 is 11.9 Å². The first-order valence-corrected chi connectivity index (χ1v) is 11.1. The Hall–Kier alpha value is -3.72. The van der Waals surface area contributed by atoms with Gasteiger partial charge in [-0.05, 0) is 35.2 Å². The lowest BCUT2D eigenvalue weighted by Gasteiger charge is -2.34. The van der Waals surface area contributed by atoms with Crippen molar-refractivity contribution in [3.05, 3.63) is 65.5 Å². The number of para-hydroxylation sites is 2. The van der Waals surface area contributed by atoms with E-state index in [2.05, 4.69) is 47.8 Å². The molecule has 180 valence electrons. The fraction of sp³-hybridized carbons (Fsp3) is 0.360. The predicted molar refractivity (Wildman–Crippen MR) is 128 cm³/mol. The molecule has 1 amide bonds. The van der Waals surface area contributed by atoms with Crippen LogP contribution in [0.1, 0.15) is 42.5 Å². The summed E-state index contributed by atoms with van der Waals surface area (Å²) in [4.78, 5) is 43.4. The van der Waals surface area contributed by atoms with Gasteiger partial charge in [0.15, 0.2) is 0 Å². The average molecular weight is 467 g/mol. The molecule has 0 spiro atoms. The number of nitrogens with zero attached hydrogens (tertiary/aromatic N) is 3. The van der Waals surface area contributed by atoms with Crippen LogP contribution in [0.2, 0.25) is 0 Å². The third-order valence-corrected chi connectivity index (χ3v) is 5.65. The maximum Gasteiger partial charge on any atom is 0.414 e. The van der Waals surface area contributed by atoms with E-state index in [1.54, 1.807) is 0 Å². The zero-order valence-corrected chi connectivity index (χ0v) is 19.6. The number of hydrogen-bond acceptors (Lipinski definition) is 5. The third-order valence-electron chi connectivity index (χ3n) is 5.65. The lowest BCUT2D eigenvalue weighted by molar-refractivity contribution is -0.159. The lowest BCUT2D eigenvalue weighted by Crippen LogP contribution is -2.48. The van der Waals surface area contributed by atoms with Crippen molar-refractivity contribution in [2.24, 2.45) is 0 Å². The van der Waals surface area contributed by atoms with E-state index in [4.69, 9.17) is 19.8 Å². The number of H-pyrrole nitrogens is 1. The van der Waals surface area contributed by atoms with E-state index in [-0.39, 0.29) is 11.3 Å². The quantitative estimate of drug-likeness (QED) is 0.507. The van der Waals surface area contributed by atoms with Crippen molar-refractivity contribution in [3.63, 3.8) is 0 Å². The Morgan fingerprint density at radius 2 is 1.50 bits per heavy atom. The molecule has 0 aliphatic carbocycles. The van der Waals surface area contributed by atoms with Gasteiger partial charge in [-0.2, -0.15) is 0 Å². The number of rotatable bonds is 3. The highest BCUT2D eigenvalue weighted by Gasteiger charge is 2.23. The summed E-state index contributed by atoms with van der Waals surface area (Å²) in [7, 11) is 0. The Kier molecular flexibility index (Phi) is 7.68. The van der Waals surface area contributed by atoms with Crippen molar-refractivity contribution in [2.45, 2.75) is 32.7 Å². The van der Waals surface area contributed by atoms with Crippen LogP contribution < -0.4 is 0 Å². The van der Waals surface area contributed by atoms with E-state index in [0.29, 0.717) is 0 Å². The minimum atomic E-state index is -1.82. The zero-order chi connectivity index (χ0) is 24.9. The van der Waals surface area contributed by atoms with Gasteiger partial charge in [-0.15, -0.1) is 0 Å². The van der Waals surface area contributed by atoms with Crippen LogP contribution in [-0.2, 0) is 21.5 Å². The molecule has 0 saturated carbocycles. The Balaban J connectivity index is 0.000000481. The predicted octanol–water partition coefficient (Wildman–Crippen LogP) is 2.97. The molecule has 9 nitrogen and oxygen atoms in total. The first-order valence-electron chi connectivity index (χ1n) is 11.1. The average Bonchev–Trinajstić information content (AvgIpc) is 3.21. The molecule has 0 unspecified atom stereocenters. The smallest absolute Gasteiger partial charge is 0.414 e. The van der Waals surface area contributed by atoms with Crippen LogP contribution in [-0.4, -0.2) is 74.0 Å². The molecular formula is C25H30N4O5. The fourth-order valence-corrected chi connectivity index (χ4v) is 3.70. The number of benzene rings is 2. The van der Waals surface area contributed by atoms with Crippen LogP contribution in [0.3, 0.4) is 0 Å². The van der Waals surface area contributed by atoms with Crippen LogP contribution in [0.15, 0.2) is 48.5 Å². The second kappa shape index (κ2) is 10.5. The summed E-state index contributed by atoms with van der Waals surface area (Å²) in [6.45, 7) is 10.6. The van der Waals surface area contributed by atoms with Crippen LogP contribution in [0, 0.1) is 0 Å². The van der Waals surface area contributed by atoms with Gasteiger partial charge in [0, 0.05) is 31.7 Å². The third kappa shape index (κ3) is 6.41. The summed E-state index contributed by atoms with van der Waals surface area (Å²) in [5, 5.41) is 14.8. The number of aromatic amines is 1. The zero-order valence-electron chi connectivity index (χ0n) is 19.6. The first-order chi connectivity index (χ1) is 16.0. The first kappa shape index (κ1) is 24.9. The normalized spacial score (nSPS) is 14.4. The molecule has 4 rings (SSSR count). The molecule has 2 heterocycles. The molecule has 1 aromatic heterocycles. The highest BCUT2D eigenvalue weighted by atomic mass is 16.4. The van der Waals surface area contributed by atoms with Crippen LogP contribution in [0.4, 0.5) is 0 Å². The number of imidazole rings is 1. The molecule has 3 aromatic rings. The minimum Gasteiger partial charge on any atom is -0.473 e. The number of piperazine rings is 1. The minimum absolute atomic E-state index is 0.101. The number of carboxylic acids is 2. The molecule has 34 heavy (non-hydrogen) atoms. The molecule has 1 saturated heterocycles. The fourth-order valence-electron chi connectivity index (χ4n) is 3.70. The van der Waals surface area contributed by atoms with Crippen molar-refractivity contribution in [1.82, 2.24) is 19.8 Å². The number of carbonyl (C=O) groups excluding carboxylic acids is 1. The van der Waals surface area contributed by atoms with E-state index >= 15 is 0 Å². The van der Waals surface area contributed by atoms with Gasteiger partial charge in [-0.3, -0.25) is 9.69 Å². The van der Waals surface area contributed by atoms with Crippen molar-refractivity contribution in [1.29, 1.82) is 0 Å². The Labute approximate surface area is 198 Å². The van der Waals surface area contributed by atoms with Gasteiger partial charge in [0.05, 0.1) is 17.6 Å². The Bertz CT molecular complexity index is 1110. The number of fused-ring (bicyclic) bond motifs is 1. The number of hydrogen-bond donors (Lipinski definition) is 3. The second-order valence-corrected chi connectivity index (χ2v) is 9.21. The standard InChI is InChI=1S/C23H28N4O.C2H2O4/c1-23(2,3)18-10-8-17(9-11-18)22(28)27-14-12-26(13-15-27)16-21-24-19-6-4-5-7-20(19)25-21;3-1(4)2(5)6/h4-11H,12-16H2,1-3H3,(H,24,25);(H,3,4)(H,5,6). The Morgan fingerprint density at radius 1 is 0.912 bits per heavy atom. The molecule has 3 N–H and O–H groups in total. The monoisotopic (exact) mass is 466 g/mol. The molecule has 1 aliphatic heterocycles. The van der Waals surface area contributed by atoms with Gasteiger partial charge in [-0.25, -0.2) is 14.6 Å². The summed E-state index contributed by atoms with van der Waals surface area (Å²) in [6, 6.07) is 16.2. The van der Waals surface area contributed by atoms with E-state index in [1.165, 1.54) is 5.56 Å². The molecule has 2 aromatic carbocycles. The molecule has 0 bridgehead atoms. The summed E-state index contributed by atoms with van der Waals surface area (Å²) < 4.78 is 0. The summed E-state index contributed by atoms with van der Waals surface area (Å²) in [5.41, 5.74) is 4.21. The van der Waals surface area contributed by atoms with Crippen LogP contribution in [0.5, 0.6) is 0 Å². The van der Waals surface area contributed by atoms with Crippen molar-refractivity contribution >= 4 is 28.9 Å². The number of carboxylic acid groups (broad SMARTS) is 2. The summed E-state index contributed by atoms with van der Waals surface area (Å²) in [5.74, 6) is -2.53.